The maximum atomic E-state index is 11.6. The summed E-state index contributed by atoms with van der Waals surface area (Å²) in [5, 5.41) is 6.56. The Balaban J connectivity index is 1.70. The van der Waals surface area contributed by atoms with Crippen molar-refractivity contribution >= 4 is 5.91 Å². The molecule has 108 valence electrons. The summed E-state index contributed by atoms with van der Waals surface area (Å²) in [6.07, 6.45) is 5.10. The Kier molecular flexibility index (Phi) is 5.16. The van der Waals surface area contributed by atoms with Gasteiger partial charge in [0, 0.05) is 32.2 Å². The topological polar surface area (TPSA) is 61.6 Å². The summed E-state index contributed by atoms with van der Waals surface area (Å²) in [5.74, 6) is 3.28. The van der Waals surface area contributed by atoms with Crippen LogP contribution in [-0.2, 0) is 11.3 Å². The van der Waals surface area contributed by atoms with Crippen molar-refractivity contribution < 1.29 is 9.32 Å². The fourth-order valence-electron chi connectivity index (χ4n) is 2.23. The molecule has 2 heterocycles. The van der Waals surface area contributed by atoms with E-state index in [1.54, 1.807) is 0 Å². The predicted octanol–water partition coefficient (Wildman–Crippen LogP) is -0.150. The minimum atomic E-state index is -0.0118. The lowest BCUT2D eigenvalue weighted by Crippen LogP contribution is -2.49. The smallest absolute Gasteiger partial charge is 0.234 e. The van der Waals surface area contributed by atoms with E-state index in [-0.39, 0.29) is 5.91 Å². The van der Waals surface area contributed by atoms with Crippen LogP contribution in [0.4, 0.5) is 0 Å². The van der Waals surface area contributed by atoms with Crippen LogP contribution in [-0.4, -0.2) is 60.1 Å². The summed E-state index contributed by atoms with van der Waals surface area (Å²) in [7, 11) is 0. The number of amides is 1. The molecule has 20 heavy (non-hydrogen) atoms. The van der Waals surface area contributed by atoms with Crippen LogP contribution in [0.5, 0.6) is 0 Å². The first-order valence-electron chi connectivity index (χ1n) is 6.74. The Morgan fingerprint density at radius 3 is 2.75 bits per heavy atom. The van der Waals surface area contributed by atoms with Crippen LogP contribution in [0.3, 0.4) is 0 Å². The highest BCUT2D eigenvalue weighted by molar-refractivity contribution is 5.78. The van der Waals surface area contributed by atoms with Gasteiger partial charge in [0.15, 0.2) is 5.76 Å². The lowest BCUT2D eigenvalue weighted by molar-refractivity contribution is -0.122. The SMILES string of the molecule is C#CCNC(=O)CN1CCN(Cc2cc(C)no2)CC1. The van der Waals surface area contributed by atoms with Crippen LogP contribution in [0.2, 0.25) is 0 Å². The highest BCUT2D eigenvalue weighted by Crippen LogP contribution is 2.09. The fraction of sp³-hybridized carbons (Fsp3) is 0.571. The summed E-state index contributed by atoms with van der Waals surface area (Å²) in [4.78, 5) is 16.0. The van der Waals surface area contributed by atoms with Crippen LogP contribution < -0.4 is 5.32 Å². The minimum Gasteiger partial charge on any atom is -0.360 e. The standard InChI is InChI=1S/C14H20N4O2/c1-3-4-15-14(19)11-18-7-5-17(6-8-18)10-13-9-12(2)16-20-13/h1,9H,4-8,10-11H2,2H3,(H,15,19). The molecule has 0 bridgehead atoms. The van der Waals surface area contributed by atoms with E-state index in [1.807, 2.05) is 13.0 Å². The zero-order valence-corrected chi connectivity index (χ0v) is 11.8. The van der Waals surface area contributed by atoms with Crippen LogP contribution in [0, 0.1) is 19.3 Å². The van der Waals surface area contributed by atoms with Gasteiger partial charge in [-0.05, 0) is 6.92 Å². The van der Waals surface area contributed by atoms with Gasteiger partial charge in [0.25, 0.3) is 0 Å². The quantitative estimate of drug-likeness (QED) is 0.758. The van der Waals surface area contributed by atoms with Gasteiger partial charge in [-0.2, -0.15) is 0 Å². The van der Waals surface area contributed by atoms with Crippen molar-refractivity contribution in [3.63, 3.8) is 0 Å². The van der Waals surface area contributed by atoms with E-state index in [9.17, 15) is 4.79 Å². The van der Waals surface area contributed by atoms with E-state index in [0.717, 1.165) is 44.2 Å². The molecule has 1 aromatic heterocycles. The Bertz CT molecular complexity index is 484. The molecule has 6 heteroatoms. The molecule has 1 N–H and O–H groups in total. The highest BCUT2D eigenvalue weighted by Gasteiger charge is 2.19. The van der Waals surface area contributed by atoms with Gasteiger partial charge in [-0.25, -0.2) is 0 Å². The van der Waals surface area contributed by atoms with Crippen molar-refractivity contribution in [3.05, 3.63) is 17.5 Å². The first-order chi connectivity index (χ1) is 9.67. The maximum Gasteiger partial charge on any atom is 0.234 e. The van der Waals surface area contributed by atoms with E-state index in [2.05, 4.69) is 26.2 Å². The second kappa shape index (κ2) is 7.08. The molecule has 2 rings (SSSR count). The number of hydrogen-bond donors (Lipinski definition) is 1. The molecule has 1 amide bonds. The molecule has 0 atom stereocenters. The number of hydrogen-bond acceptors (Lipinski definition) is 5. The minimum absolute atomic E-state index is 0.0118. The normalized spacial score (nSPS) is 16.8. The Morgan fingerprint density at radius 2 is 2.15 bits per heavy atom. The maximum absolute atomic E-state index is 11.6. The highest BCUT2D eigenvalue weighted by atomic mass is 16.5. The molecule has 1 saturated heterocycles. The number of terminal acetylenes is 1. The number of piperazine rings is 1. The number of nitrogens with one attached hydrogen (secondary N) is 1. The van der Waals surface area contributed by atoms with Gasteiger partial charge >= 0.3 is 0 Å². The molecule has 1 aliphatic heterocycles. The largest absolute Gasteiger partial charge is 0.360 e. The first kappa shape index (κ1) is 14.6. The molecule has 0 aliphatic carbocycles. The van der Waals surface area contributed by atoms with Crippen LogP contribution in [0.25, 0.3) is 0 Å². The molecule has 0 radical (unpaired) electrons. The predicted molar refractivity (Wildman–Crippen MR) is 74.8 cm³/mol. The van der Waals surface area contributed by atoms with Gasteiger partial charge in [0.2, 0.25) is 5.91 Å². The number of aromatic nitrogens is 1. The summed E-state index contributed by atoms with van der Waals surface area (Å²) >= 11 is 0. The van der Waals surface area contributed by atoms with E-state index in [0.29, 0.717) is 13.1 Å². The number of nitrogens with zero attached hydrogens (tertiary/aromatic N) is 3. The molecule has 0 spiro atoms. The molecule has 1 aromatic rings. The third-order valence-corrected chi connectivity index (χ3v) is 3.28. The second-order valence-corrected chi connectivity index (χ2v) is 4.97. The summed E-state index contributed by atoms with van der Waals surface area (Å²) in [6, 6.07) is 1.96. The van der Waals surface area contributed by atoms with Gasteiger partial charge in [-0.3, -0.25) is 14.6 Å². The van der Waals surface area contributed by atoms with Gasteiger partial charge in [-0.15, -0.1) is 6.42 Å². The average Bonchev–Trinajstić information content (AvgIpc) is 2.84. The fourth-order valence-corrected chi connectivity index (χ4v) is 2.23. The zero-order valence-electron chi connectivity index (χ0n) is 11.8. The summed E-state index contributed by atoms with van der Waals surface area (Å²) < 4.78 is 5.21. The van der Waals surface area contributed by atoms with Crippen molar-refractivity contribution in [3.8, 4) is 12.3 Å². The van der Waals surface area contributed by atoms with Crippen LogP contribution in [0.1, 0.15) is 11.5 Å². The second-order valence-electron chi connectivity index (χ2n) is 4.97. The summed E-state index contributed by atoms with van der Waals surface area (Å²) in [6.45, 7) is 6.98. The van der Waals surface area contributed by atoms with Crippen molar-refractivity contribution in [2.75, 3.05) is 39.3 Å². The molecule has 1 aliphatic rings. The average molecular weight is 276 g/mol. The van der Waals surface area contributed by atoms with Crippen LogP contribution >= 0.6 is 0 Å². The molecule has 6 nitrogen and oxygen atoms in total. The molecule has 0 saturated carbocycles. The van der Waals surface area contributed by atoms with Crippen LogP contribution in [0.15, 0.2) is 10.6 Å². The monoisotopic (exact) mass is 276 g/mol. The van der Waals surface area contributed by atoms with E-state index >= 15 is 0 Å². The van der Waals surface area contributed by atoms with E-state index < -0.39 is 0 Å². The lowest BCUT2D eigenvalue weighted by atomic mass is 10.3. The third-order valence-electron chi connectivity index (χ3n) is 3.28. The molecule has 1 fully saturated rings. The number of carbonyl (C=O) groups is 1. The number of carbonyl (C=O) groups excluding carboxylic acids is 1. The van der Waals surface area contributed by atoms with Crippen molar-refractivity contribution in [1.29, 1.82) is 0 Å². The van der Waals surface area contributed by atoms with Crippen molar-refractivity contribution in [2.24, 2.45) is 0 Å². The van der Waals surface area contributed by atoms with Crippen molar-refractivity contribution in [1.82, 2.24) is 20.3 Å². The van der Waals surface area contributed by atoms with E-state index in [1.165, 1.54) is 0 Å². The van der Waals surface area contributed by atoms with Gasteiger partial charge in [0.05, 0.1) is 25.3 Å². The number of rotatable bonds is 5. The number of aryl methyl sites for hydroxylation is 1. The Labute approximate surface area is 119 Å². The zero-order chi connectivity index (χ0) is 14.4. The molecular weight excluding hydrogens is 256 g/mol. The summed E-state index contributed by atoms with van der Waals surface area (Å²) in [5.41, 5.74) is 0.906. The molecule has 0 unspecified atom stereocenters. The molecular formula is C14H20N4O2. The van der Waals surface area contributed by atoms with Crippen molar-refractivity contribution in [2.45, 2.75) is 13.5 Å². The van der Waals surface area contributed by atoms with E-state index in [4.69, 9.17) is 10.9 Å². The Morgan fingerprint density at radius 1 is 1.45 bits per heavy atom. The first-order valence-corrected chi connectivity index (χ1v) is 6.74. The van der Waals surface area contributed by atoms with Gasteiger partial charge in [0.1, 0.15) is 0 Å². The molecule has 0 aromatic carbocycles. The third kappa shape index (κ3) is 4.37. The Hall–Kier alpha value is -1.84. The lowest BCUT2D eigenvalue weighted by Gasteiger charge is -2.33. The van der Waals surface area contributed by atoms with Gasteiger partial charge in [-0.1, -0.05) is 11.1 Å². The van der Waals surface area contributed by atoms with Gasteiger partial charge < -0.3 is 9.84 Å².